The molecule has 4 N–H and O–H groups in total. The number of amidine groups is 1. The van der Waals surface area contributed by atoms with E-state index >= 15 is 0 Å². The van der Waals surface area contributed by atoms with E-state index in [9.17, 15) is 0 Å². The topological polar surface area (TPSA) is 70.6 Å². The number of nitrogens with one attached hydrogen (secondary N) is 1. The van der Waals surface area contributed by atoms with E-state index in [1.807, 2.05) is 11.3 Å². The number of nitrogens with zero attached hydrogens (tertiary/aromatic N) is 1. The van der Waals surface area contributed by atoms with Gasteiger partial charge in [-0.2, -0.15) is 0 Å². The van der Waals surface area contributed by atoms with E-state index in [2.05, 4.69) is 37.3 Å². The summed E-state index contributed by atoms with van der Waals surface area (Å²) in [4.78, 5) is 2.76. The predicted octanol–water partition coefficient (Wildman–Crippen LogP) is 2.93. The highest BCUT2D eigenvalue weighted by atomic mass is 32.1. The fourth-order valence-electron chi connectivity index (χ4n) is 1.99. The average molecular weight is 269 g/mol. The lowest BCUT2D eigenvalue weighted by Crippen LogP contribution is -2.20. The zero-order valence-corrected chi connectivity index (χ0v) is 12.2. The van der Waals surface area contributed by atoms with Crippen LogP contribution in [0.1, 0.15) is 47.5 Å². The number of rotatable bonds is 7. The number of hydrogen-bond acceptors (Lipinski definition) is 4. The van der Waals surface area contributed by atoms with Crippen molar-refractivity contribution in [2.24, 2.45) is 10.9 Å². The second-order valence-corrected chi connectivity index (χ2v) is 6.05. The van der Waals surface area contributed by atoms with Crippen molar-refractivity contribution in [1.82, 2.24) is 5.32 Å². The van der Waals surface area contributed by atoms with E-state index in [1.54, 1.807) is 0 Å². The molecule has 0 saturated heterocycles. The van der Waals surface area contributed by atoms with E-state index < -0.39 is 0 Å². The quantitative estimate of drug-likeness (QED) is 0.234. The van der Waals surface area contributed by atoms with Gasteiger partial charge in [0.1, 0.15) is 5.84 Å². The Morgan fingerprint density at radius 2 is 2.22 bits per heavy atom. The van der Waals surface area contributed by atoms with Crippen LogP contribution >= 0.6 is 11.3 Å². The third-order valence-electron chi connectivity index (χ3n) is 2.98. The first kappa shape index (κ1) is 15.0. The smallest absolute Gasteiger partial charge is 0.139 e. The Balaban J connectivity index is 2.25. The van der Waals surface area contributed by atoms with E-state index in [1.165, 1.54) is 15.3 Å². The van der Waals surface area contributed by atoms with Crippen LogP contribution in [0.25, 0.3) is 0 Å². The molecule has 0 bridgehead atoms. The first-order chi connectivity index (χ1) is 8.54. The van der Waals surface area contributed by atoms with Crippen LogP contribution in [0.3, 0.4) is 0 Å². The highest BCUT2D eigenvalue weighted by Crippen LogP contribution is 2.25. The van der Waals surface area contributed by atoms with Gasteiger partial charge in [-0.1, -0.05) is 5.16 Å². The van der Waals surface area contributed by atoms with Gasteiger partial charge in [-0.25, -0.2) is 0 Å². The third-order valence-corrected chi connectivity index (χ3v) is 3.97. The lowest BCUT2D eigenvalue weighted by molar-refractivity contribution is 0.316. The Kier molecular flexibility index (Phi) is 6.15. The van der Waals surface area contributed by atoms with Gasteiger partial charge in [-0.15, -0.1) is 11.3 Å². The maximum absolute atomic E-state index is 8.41. The van der Waals surface area contributed by atoms with Gasteiger partial charge in [0.05, 0.1) is 0 Å². The normalized spacial score (nSPS) is 13.8. The van der Waals surface area contributed by atoms with Gasteiger partial charge in [0, 0.05) is 22.2 Å². The fraction of sp³-hybridized carbons (Fsp3) is 0.615. The molecule has 0 amide bonds. The summed E-state index contributed by atoms with van der Waals surface area (Å²) in [6.07, 6.45) is 2.63. The lowest BCUT2D eigenvalue weighted by atomic mass is 10.1. The van der Waals surface area contributed by atoms with Gasteiger partial charge >= 0.3 is 0 Å². The first-order valence-electron chi connectivity index (χ1n) is 6.31. The van der Waals surface area contributed by atoms with Crippen molar-refractivity contribution < 1.29 is 5.21 Å². The van der Waals surface area contributed by atoms with E-state index in [0.29, 0.717) is 18.3 Å². The van der Waals surface area contributed by atoms with Crippen LogP contribution in [0.5, 0.6) is 0 Å². The van der Waals surface area contributed by atoms with Crippen LogP contribution in [-0.4, -0.2) is 17.6 Å². The molecule has 0 aliphatic rings. The van der Waals surface area contributed by atoms with Gasteiger partial charge in [0.15, 0.2) is 0 Å². The molecule has 1 heterocycles. The first-order valence-corrected chi connectivity index (χ1v) is 7.13. The molecule has 1 aromatic rings. The highest BCUT2D eigenvalue weighted by Gasteiger charge is 2.10. The summed E-state index contributed by atoms with van der Waals surface area (Å²) in [5.41, 5.74) is 6.81. The Morgan fingerprint density at radius 3 is 2.78 bits per heavy atom. The van der Waals surface area contributed by atoms with Crippen LogP contribution < -0.4 is 11.1 Å². The second-order valence-electron chi connectivity index (χ2n) is 4.59. The van der Waals surface area contributed by atoms with Gasteiger partial charge in [-0.05, 0) is 51.8 Å². The van der Waals surface area contributed by atoms with Gasteiger partial charge in [-0.3, -0.25) is 0 Å². The summed E-state index contributed by atoms with van der Waals surface area (Å²) >= 11 is 1.85. The summed E-state index contributed by atoms with van der Waals surface area (Å²) in [6.45, 7) is 7.46. The molecule has 102 valence electrons. The summed E-state index contributed by atoms with van der Waals surface area (Å²) < 4.78 is 0. The third kappa shape index (κ3) is 4.66. The Morgan fingerprint density at radius 1 is 1.50 bits per heavy atom. The lowest BCUT2D eigenvalue weighted by Gasteiger charge is -2.13. The standard InChI is InChI=1S/C13H23N3OS/c1-9-8-12(11(3)18-9)10(2)15-7-5-4-6-13(14)16-17/h8,10,15,17H,4-7H2,1-3H3,(H2,14,16). The van der Waals surface area contributed by atoms with Crippen molar-refractivity contribution in [2.75, 3.05) is 6.54 Å². The molecule has 1 unspecified atom stereocenters. The molecule has 0 aliphatic carbocycles. The van der Waals surface area contributed by atoms with Crippen LogP contribution in [0.4, 0.5) is 0 Å². The maximum Gasteiger partial charge on any atom is 0.139 e. The van der Waals surface area contributed by atoms with Crippen molar-refractivity contribution >= 4 is 17.2 Å². The minimum Gasteiger partial charge on any atom is -0.409 e. The molecule has 0 fully saturated rings. The molecule has 4 nitrogen and oxygen atoms in total. The number of thiophene rings is 1. The maximum atomic E-state index is 8.41. The summed E-state index contributed by atoms with van der Waals surface area (Å²) in [6, 6.07) is 2.65. The molecule has 0 saturated carbocycles. The SMILES string of the molecule is Cc1cc(C(C)NCCCCC(N)=NO)c(C)s1. The van der Waals surface area contributed by atoms with Crippen LogP contribution in [0.2, 0.25) is 0 Å². The van der Waals surface area contributed by atoms with Gasteiger partial charge in [0.2, 0.25) is 0 Å². The number of oxime groups is 1. The van der Waals surface area contributed by atoms with Crippen molar-refractivity contribution in [3.05, 3.63) is 21.4 Å². The monoisotopic (exact) mass is 269 g/mol. The minimum atomic E-state index is 0.312. The van der Waals surface area contributed by atoms with Gasteiger partial charge in [0.25, 0.3) is 0 Å². The van der Waals surface area contributed by atoms with E-state index in [4.69, 9.17) is 10.9 Å². The zero-order valence-electron chi connectivity index (χ0n) is 11.4. The Bertz CT molecular complexity index is 401. The molecular formula is C13H23N3OS. The highest BCUT2D eigenvalue weighted by molar-refractivity contribution is 7.12. The minimum absolute atomic E-state index is 0.312. The number of nitrogens with two attached hydrogens (primary N) is 1. The molecule has 1 aromatic heterocycles. The molecule has 1 atom stereocenters. The molecular weight excluding hydrogens is 246 g/mol. The molecule has 0 spiro atoms. The molecule has 0 aromatic carbocycles. The Labute approximate surface area is 113 Å². The molecule has 0 aliphatic heterocycles. The zero-order chi connectivity index (χ0) is 13.5. The molecule has 0 radical (unpaired) electrons. The van der Waals surface area contributed by atoms with Crippen molar-refractivity contribution in [3.8, 4) is 0 Å². The van der Waals surface area contributed by atoms with Crippen LogP contribution in [-0.2, 0) is 0 Å². The molecule has 5 heteroatoms. The number of hydrogen-bond donors (Lipinski definition) is 3. The summed E-state index contributed by atoms with van der Waals surface area (Å²) in [5, 5.41) is 14.9. The van der Waals surface area contributed by atoms with Gasteiger partial charge < -0.3 is 16.3 Å². The summed E-state index contributed by atoms with van der Waals surface area (Å²) in [7, 11) is 0. The molecule has 1 rings (SSSR count). The average Bonchev–Trinajstić information content (AvgIpc) is 2.67. The van der Waals surface area contributed by atoms with Crippen molar-refractivity contribution in [2.45, 2.75) is 46.1 Å². The molecule has 18 heavy (non-hydrogen) atoms. The largest absolute Gasteiger partial charge is 0.409 e. The van der Waals surface area contributed by atoms with Crippen LogP contribution in [0, 0.1) is 13.8 Å². The van der Waals surface area contributed by atoms with Crippen molar-refractivity contribution in [1.29, 1.82) is 0 Å². The fourth-order valence-corrected chi connectivity index (χ4v) is 3.01. The summed E-state index contributed by atoms with van der Waals surface area (Å²) in [5.74, 6) is 0.312. The number of aryl methyl sites for hydroxylation is 2. The number of unbranched alkanes of at least 4 members (excludes halogenated alkanes) is 1. The predicted molar refractivity (Wildman–Crippen MR) is 77.5 cm³/mol. The Hall–Kier alpha value is -1.07. The van der Waals surface area contributed by atoms with Crippen molar-refractivity contribution in [3.63, 3.8) is 0 Å². The van der Waals surface area contributed by atoms with Crippen LogP contribution in [0.15, 0.2) is 11.2 Å². The van der Waals surface area contributed by atoms with E-state index in [0.717, 1.165) is 19.4 Å². The van der Waals surface area contributed by atoms with E-state index in [-0.39, 0.29) is 0 Å². The second kappa shape index (κ2) is 7.38.